The maximum absolute atomic E-state index is 12.4. The molecule has 2 atom stereocenters. The van der Waals surface area contributed by atoms with Gasteiger partial charge in [0.25, 0.3) is 0 Å². The summed E-state index contributed by atoms with van der Waals surface area (Å²) in [5, 5.41) is 3.43. The van der Waals surface area contributed by atoms with Crippen LogP contribution in [0, 0.1) is 29.6 Å². The highest BCUT2D eigenvalue weighted by Crippen LogP contribution is 2.43. The van der Waals surface area contributed by atoms with E-state index in [0.717, 1.165) is 18.4 Å². The van der Waals surface area contributed by atoms with Crippen molar-refractivity contribution >= 4 is 11.5 Å². The molecule has 0 saturated heterocycles. The molecule has 0 N–H and O–H groups in total. The summed E-state index contributed by atoms with van der Waals surface area (Å²) in [5.74, 6) is 1.06. The minimum Gasteiger partial charge on any atom is -0.299 e. The summed E-state index contributed by atoms with van der Waals surface area (Å²) in [6.45, 7) is 15.2. The largest absolute Gasteiger partial charge is 0.299 e. The van der Waals surface area contributed by atoms with E-state index in [1.54, 1.807) is 12.1 Å². The van der Waals surface area contributed by atoms with Crippen molar-refractivity contribution in [1.82, 2.24) is 0 Å². The van der Waals surface area contributed by atoms with Crippen molar-refractivity contribution in [1.29, 1.82) is 0 Å². The molecular weight excluding hydrogens is 310 g/mol. The number of Topliss-reactive ketones (excluding diaryl/α,β-unsaturated/α-hetero) is 1. The zero-order valence-corrected chi connectivity index (χ0v) is 16.8. The van der Waals surface area contributed by atoms with E-state index >= 15 is 0 Å². The lowest BCUT2D eigenvalue weighted by atomic mass is 9.62. The number of carbonyl (C=O) groups excluding carboxylic acids is 1. The first-order chi connectivity index (χ1) is 11.5. The highest BCUT2D eigenvalue weighted by atomic mass is 16.1. The molecule has 0 heterocycles. The van der Waals surface area contributed by atoms with Crippen LogP contribution in [-0.2, 0) is 4.79 Å². The summed E-state index contributed by atoms with van der Waals surface area (Å²) in [6, 6.07) is 7.39. The third kappa shape index (κ3) is 6.55. The Balaban J connectivity index is 0.000000271. The van der Waals surface area contributed by atoms with Crippen molar-refractivity contribution in [2.45, 2.75) is 67.7 Å². The highest BCUT2D eigenvalue weighted by Gasteiger charge is 2.42. The topological polar surface area (TPSA) is 65.8 Å². The Hall–Kier alpha value is -1.80. The second kappa shape index (κ2) is 8.53. The van der Waals surface area contributed by atoms with Gasteiger partial charge in [-0.25, -0.2) is 0 Å². The van der Waals surface area contributed by atoms with Crippen molar-refractivity contribution < 1.29 is 4.79 Å². The summed E-state index contributed by atoms with van der Waals surface area (Å²) >= 11 is 0. The fourth-order valence-corrected chi connectivity index (χ4v) is 3.44. The van der Waals surface area contributed by atoms with Gasteiger partial charge in [-0.05, 0) is 36.1 Å². The van der Waals surface area contributed by atoms with Gasteiger partial charge in [-0.15, -0.1) is 0 Å². The molecule has 138 valence electrons. The number of aryl methyl sites for hydroxylation is 1. The fraction of sp³-hybridized carbons (Fsp3) is 0.667. The van der Waals surface area contributed by atoms with Crippen molar-refractivity contribution in [3.05, 3.63) is 40.3 Å². The van der Waals surface area contributed by atoms with Crippen LogP contribution in [0.4, 0.5) is 5.69 Å². The first-order valence-electron chi connectivity index (χ1n) is 9.12. The van der Waals surface area contributed by atoms with Crippen molar-refractivity contribution in [2.24, 2.45) is 27.8 Å². The molecule has 4 nitrogen and oxygen atoms in total. The number of hydrogen-bond donors (Lipinski definition) is 0. The molecule has 0 aromatic heterocycles. The molecule has 0 amide bonds. The van der Waals surface area contributed by atoms with E-state index < -0.39 is 0 Å². The number of carbonyl (C=O) groups is 1. The Kier molecular flexibility index (Phi) is 7.25. The summed E-state index contributed by atoms with van der Waals surface area (Å²) in [4.78, 5) is 15.1. The monoisotopic (exact) mass is 343 g/mol. The van der Waals surface area contributed by atoms with Crippen LogP contribution in [0.3, 0.4) is 0 Å². The number of hydrogen-bond acceptors (Lipinski definition) is 2. The van der Waals surface area contributed by atoms with Crippen LogP contribution in [0.15, 0.2) is 29.4 Å². The first-order valence-corrected chi connectivity index (χ1v) is 9.12. The van der Waals surface area contributed by atoms with Crippen LogP contribution in [0.5, 0.6) is 0 Å². The predicted octanol–water partition coefficient (Wildman–Crippen LogP) is 7.00. The van der Waals surface area contributed by atoms with Crippen molar-refractivity contribution in [3.8, 4) is 0 Å². The Morgan fingerprint density at radius 3 is 1.76 bits per heavy atom. The summed E-state index contributed by atoms with van der Waals surface area (Å²) in [5.41, 5.74) is 10.2. The molecule has 2 rings (SSSR count). The lowest BCUT2D eigenvalue weighted by Gasteiger charge is -2.41. The van der Waals surface area contributed by atoms with Crippen LogP contribution in [0.2, 0.25) is 0 Å². The molecule has 2 unspecified atom stereocenters. The average molecular weight is 344 g/mol. The van der Waals surface area contributed by atoms with Gasteiger partial charge in [-0.2, -0.15) is 0 Å². The minimum absolute atomic E-state index is 0.140. The molecule has 0 radical (unpaired) electrons. The van der Waals surface area contributed by atoms with E-state index in [1.807, 2.05) is 19.1 Å². The average Bonchev–Trinajstić information content (AvgIpc) is 2.48. The molecule has 0 spiro atoms. The van der Waals surface area contributed by atoms with E-state index in [1.165, 1.54) is 6.42 Å². The normalized spacial score (nSPS) is 21.0. The van der Waals surface area contributed by atoms with Gasteiger partial charge >= 0.3 is 0 Å². The van der Waals surface area contributed by atoms with Gasteiger partial charge in [0.2, 0.25) is 0 Å². The smallest absolute Gasteiger partial charge is 0.140 e. The molecule has 1 aromatic carbocycles. The molecule has 4 heteroatoms. The molecule has 0 bridgehead atoms. The van der Waals surface area contributed by atoms with Gasteiger partial charge in [0.15, 0.2) is 0 Å². The molecular formula is C21H33N3O. The van der Waals surface area contributed by atoms with Gasteiger partial charge in [-0.3, -0.25) is 4.79 Å². The maximum atomic E-state index is 12.4. The van der Waals surface area contributed by atoms with Gasteiger partial charge in [0.05, 0.1) is 0 Å². The molecule has 1 aliphatic carbocycles. The predicted molar refractivity (Wildman–Crippen MR) is 105 cm³/mol. The number of azide groups is 1. The van der Waals surface area contributed by atoms with Crippen molar-refractivity contribution in [2.75, 3.05) is 0 Å². The van der Waals surface area contributed by atoms with E-state index in [0.29, 0.717) is 11.5 Å². The Labute approximate surface area is 152 Å². The SMILES string of the molecule is CC(C)(C)C1CCCC(C(C)(C)C)C1=O.Cc1ccc(N=[N+]=[N-])cc1. The second-order valence-corrected chi connectivity index (χ2v) is 9.20. The molecule has 1 saturated carbocycles. The Bertz CT molecular complexity index is 590. The fourth-order valence-electron chi connectivity index (χ4n) is 3.44. The summed E-state index contributed by atoms with van der Waals surface area (Å²) in [7, 11) is 0. The van der Waals surface area contributed by atoms with Gasteiger partial charge in [-0.1, -0.05) is 82.9 Å². The van der Waals surface area contributed by atoms with Gasteiger partial charge < -0.3 is 0 Å². The van der Waals surface area contributed by atoms with Crippen LogP contribution in [-0.4, -0.2) is 5.78 Å². The van der Waals surface area contributed by atoms with Gasteiger partial charge in [0.1, 0.15) is 5.78 Å². The van der Waals surface area contributed by atoms with Crippen LogP contribution in [0.25, 0.3) is 10.4 Å². The highest BCUT2D eigenvalue weighted by molar-refractivity contribution is 5.85. The number of benzene rings is 1. The molecule has 0 aliphatic heterocycles. The Morgan fingerprint density at radius 2 is 1.40 bits per heavy atom. The molecule has 25 heavy (non-hydrogen) atoms. The number of nitrogens with zero attached hydrogens (tertiary/aromatic N) is 3. The molecule has 1 aliphatic rings. The zero-order chi connectivity index (χ0) is 19.3. The third-order valence-electron chi connectivity index (χ3n) is 4.96. The van der Waals surface area contributed by atoms with Gasteiger partial charge in [0, 0.05) is 22.4 Å². The quantitative estimate of drug-likeness (QED) is 0.307. The van der Waals surface area contributed by atoms with Crippen LogP contribution >= 0.6 is 0 Å². The van der Waals surface area contributed by atoms with E-state index in [9.17, 15) is 4.79 Å². The number of rotatable bonds is 1. The summed E-state index contributed by atoms with van der Waals surface area (Å²) in [6.07, 6.45) is 3.40. The van der Waals surface area contributed by atoms with E-state index in [-0.39, 0.29) is 22.7 Å². The third-order valence-corrected chi connectivity index (χ3v) is 4.96. The van der Waals surface area contributed by atoms with Crippen molar-refractivity contribution in [3.63, 3.8) is 0 Å². The number of ketones is 1. The maximum Gasteiger partial charge on any atom is 0.140 e. The molecule has 1 aromatic rings. The lowest BCUT2D eigenvalue weighted by Crippen LogP contribution is -2.41. The van der Waals surface area contributed by atoms with E-state index in [4.69, 9.17) is 5.53 Å². The lowest BCUT2D eigenvalue weighted by molar-refractivity contribution is -0.136. The summed E-state index contributed by atoms with van der Waals surface area (Å²) < 4.78 is 0. The van der Waals surface area contributed by atoms with E-state index in [2.05, 4.69) is 51.6 Å². The molecule has 1 fully saturated rings. The zero-order valence-electron chi connectivity index (χ0n) is 16.8. The van der Waals surface area contributed by atoms with Crippen LogP contribution in [0.1, 0.15) is 66.4 Å². The van der Waals surface area contributed by atoms with Crippen LogP contribution < -0.4 is 0 Å². The second-order valence-electron chi connectivity index (χ2n) is 9.20. The Morgan fingerprint density at radius 1 is 0.960 bits per heavy atom. The minimum atomic E-state index is 0.140. The standard InChI is InChI=1S/C14H26O.C7H7N3/c1-13(2,3)10-8-7-9-11(12(10)15)14(4,5)6;1-6-2-4-7(5-3-6)9-10-8/h10-11H,7-9H2,1-6H3;2-5H,1H3. The first kappa shape index (κ1) is 21.2.